The molecule has 0 atom stereocenters. The predicted octanol–water partition coefficient (Wildman–Crippen LogP) is 3.57. The van der Waals surface area contributed by atoms with E-state index in [1.807, 2.05) is 19.9 Å². The fourth-order valence-corrected chi connectivity index (χ4v) is 3.39. The highest BCUT2D eigenvalue weighted by molar-refractivity contribution is 8.01. The number of carbonyl (C=O) groups excluding carboxylic acids is 2. The molecule has 0 aliphatic heterocycles. The van der Waals surface area contributed by atoms with Gasteiger partial charge in [-0.2, -0.15) is 13.2 Å². The van der Waals surface area contributed by atoms with Gasteiger partial charge in [0.25, 0.3) is 0 Å². The van der Waals surface area contributed by atoms with E-state index < -0.39 is 24.7 Å². The van der Waals surface area contributed by atoms with Crippen molar-refractivity contribution < 1.29 is 22.8 Å². The number of urea groups is 1. The fourth-order valence-electron chi connectivity index (χ4n) is 1.85. The number of nitrogens with one attached hydrogen (secondary N) is 3. The van der Waals surface area contributed by atoms with Gasteiger partial charge in [0, 0.05) is 5.69 Å². The Balaban J connectivity index is 1.78. The largest absolute Gasteiger partial charge is 0.405 e. The van der Waals surface area contributed by atoms with Gasteiger partial charge in [-0.15, -0.1) is 10.2 Å². The Morgan fingerprint density at radius 2 is 1.96 bits per heavy atom. The van der Waals surface area contributed by atoms with Crippen LogP contribution in [0.2, 0.25) is 0 Å². The molecule has 0 bridgehead atoms. The van der Waals surface area contributed by atoms with Crippen molar-refractivity contribution >= 4 is 45.9 Å². The first-order valence-electron chi connectivity index (χ1n) is 7.58. The van der Waals surface area contributed by atoms with Crippen LogP contribution >= 0.6 is 23.1 Å². The third kappa shape index (κ3) is 7.06. The highest BCUT2D eigenvalue weighted by Gasteiger charge is 2.27. The fraction of sp³-hybridized carbons (Fsp3) is 0.333. The van der Waals surface area contributed by atoms with Crippen molar-refractivity contribution in [2.75, 3.05) is 22.9 Å². The second-order valence-electron chi connectivity index (χ2n) is 5.38. The van der Waals surface area contributed by atoms with Crippen molar-refractivity contribution in [2.45, 2.75) is 24.4 Å². The molecule has 12 heteroatoms. The van der Waals surface area contributed by atoms with Crippen molar-refractivity contribution in [1.82, 2.24) is 15.5 Å². The molecule has 2 rings (SSSR count). The van der Waals surface area contributed by atoms with Gasteiger partial charge in [0.1, 0.15) is 6.54 Å². The molecule has 0 saturated heterocycles. The number of rotatable bonds is 6. The van der Waals surface area contributed by atoms with Crippen LogP contribution in [-0.4, -0.2) is 40.6 Å². The Bertz CT molecular complexity index is 826. The first-order chi connectivity index (χ1) is 12.6. The number of anilines is 2. The molecule has 0 radical (unpaired) electrons. The second-order valence-corrected chi connectivity index (χ2v) is 7.58. The van der Waals surface area contributed by atoms with Crippen LogP contribution < -0.4 is 16.0 Å². The quantitative estimate of drug-likeness (QED) is 0.620. The van der Waals surface area contributed by atoms with Crippen LogP contribution in [0.25, 0.3) is 0 Å². The summed E-state index contributed by atoms with van der Waals surface area (Å²) in [5.74, 6) is -0.698. The van der Waals surface area contributed by atoms with E-state index >= 15 is 0 Å². The summed E-state index contributed by atoms with van der Waals surface area (Å²) in [6.45, 7) is 2.54. The van der Waals surface area contributed by atoms with Gasteiger partial charge in [-0.25, -0.2) is 4.79 Å². The molecule has 27 heavy (non-hydrogen) atoms. The smallest absolute Gasteiger partial charge is 0.351 e. The van der Waals surface area contributed by atoms with E-state index in [1.165, 1.54) is 0 Å². The van der Waals surface area contributed by atoms with Crippen molar-refractivity contribution in [1.29, 1.82) is 0 Å². The Morgan fingerprint density at radius 1 is 1.22 bits per heavy atom. The summed E-state index contributed by atoms with van der Waals surface area (Å²) in [6, 6.07) is 4.74. The van der Waals surface area contributed by atoms with Crippen LogP contribution in [0.15, 0.2) is 22.5 Å². The molecule has 146 valence electrons. The van der Waals surface area contributed by atoms with Gasteiger partial charge in [-0.1, -0.05) is 35.2 Å². The van der Waals surface area contributed by atoms with E-state index in [4.69, 9.17) is 0 Å². The van der Waals surface area contributed by atoms with Gasteiger partial charge in [-0.05, 0) is 31.0 Å². The van der Waals surface area contributed by atoms with E-state index in [-0.39, 0.29) is 10.9 Å². The average Bonchev–Trinajstić information content (AvgIpc) is 3.03. The highest BCUT2D eigenvalue weighted by Crippen LogP contribution is 2.26. The van der Waals surface area contributed by atoms with Crippen LogP contribution in [0.1, 0.15) is 11.1 Å². The summed E-state index contributed by atoms with van der Waals surface area (Å²) in [5, 5.41) is 14.1. The molecule has 3 amide bonds. The van der Waals surface area contributed by atoms with Gasteiger partial charge in [0.15, 0.2) is 4.34 Å². The van der Waals surface area contributed by atoms with Crippen molar-refractivity contribution in [3.63, 3.8) is 0 Å². The van der Waals surface area contributed by atoms with Crippen molar-refractivity contribution in [2.24, 2.45) is 0 Å². The third-order valence-electron chi connectivity index (χ3n) is 3.28. The zero-order chi connectivity index (χ0) is 20.0. The number of carbonyl (C=O) groups is 2. The van der Waals surface area contributed by atoms with Crippen LogP contribution in [0.3, 0.4) is 0 Å². The number of benzene rings is 1. The van der Waals surface area contributed by atoms with Gasteiger partial charge in [0.05, 0.1) is 5.75 Å². The minimum absolute atomic E-state index is 0.00268. The van der Waals surface area contributed by atoms with Crippen LogP contribution in [0.4, 0.5) is 28.8 Å². The van der Waals surface area contributed by atoms with E-state index in [0.717, 1.165) is 34.2 Å². The molecule has 7 nitrogen and oxygen atoms in total. The predicted molar refractivity (Wildman–Crippen MR) is 98.3 cm³/mol. The molecular formula is C15H16F3N5O2S2. The molecule has 3 N–H and O–H groups in total. The lowest BCUT2D eigenvalue weighted by Gasteiger charge is -2.10. The summed E-state index contributed by atoms with van der Waals surface area (Å²) < 4.78 is 36.7. The number of hydrogen-bond acceptors (Lipinski definition) is 7. The SMILES string of the molecule is Cc1cccc(NC(=O)NC(=O)CSc2nnc(NCC(F)(F)F)s2)c1C. The normalized spacial score (nSPS) is 11.1. The van der Waals surface area contributed by atoms with Crippen LogP contribution in [0.5, 0.6) is 0 Å². The lowest BCUT2D eigenvalue weighted by atomic mass is 10.1. The van der Waals surface area contributed by atoms with Gasteiger partial charge < -0.3 is 10.6 Å². The maximum Gasteiger partial charge on any atom is 0.405 e. The van der Waals surface area contributed by atoms with E-state index in [2.05, 4.69) is 26.1 Å². The number of alkyl halides is 3. The zero-order valence-corrected chi connectivity index (χ0v) is 15.9. The Kier molecular flexibility index (Phi) is 7.02. The molecule has 0 saturated carbocycles. The molecule has 1 aromatic heterocycles. The van der Waals surface area contributed by atoms with Gasteiger partial charge in [0.2, 0.25) is 11.0 Å². The number of nitrogens with zero attached hydrogens (tertiary/aromatic N) is 2. The minimum atomic E-state index is -4.36. The molecular weight excluding hydrogens is 403 g/mol. The van der Waals surface area contributed by atoms with E-state index in [9.17, 15) is 22.8 Å². The lowest BCUT2D eigenvalue weighted by molar-refractivity contribution is -0.117. The van der Waals surface area contributed by atoms with Crippen LogP contribution in [0, 0.1) is 13.8 Å². The number of amides is 3. The standard InChI is InChI=1S/C15H16F3N5O2S2/c1-8-4-3-5-10(9(8)2)20-12(25)21-11(24)6-26-14-23-22-13(27-14)19-7-15(16,17)18/h3-5H,6-7H2,1-2H3,(H,19,22)(H2,20,21,24,25). The number of thioether (sulfide) groups is 1. The number of halogens is 3. The molecule has 0 spiro atoms. The summed E-state index contributed by atoms with van der Waals surface area (Å²) >= 11 is 1.86. The van der Waals surface area contributed by atoms with Crippen LogP contribution in [-0.2, 0) is 4.79 Å². The van der Waals surface area contributed by atoms with E-state index in [0.29, 0.717) is 10.0 Å². The van der Waals surface area contributed by atoms with Gasteiger partial charge >= 0.3 is 12.2 Å². The molecule has 0 aliphatic rings. The Labute approximate surface area is 161 Å². The average molecular weight is 419 g/mol. The van der Waals surface area contributed by atoms with Crippen molar-refractivity contribution in [3.05, 3.63) is 29.3 Å². The Morgan fingerprint density at radius 3 is 2.67 bits per heavy atom. The first kappa shape index (κ1) is 21.0. The summed E-state index contributed by atoms with van der Waals surface area (Å²) in [6.07, 6.45) is -4.36. The summed E-state index contributed by atoms with van der Waals surface area (Å²) in [7, 11) is 0. The second kappa shape index (κ2) is 9.04. The maximum absolute atomic E-state index is 12.1. The maximum atomic E-state index is 12.1. The topological polar surface area (TPSA) is 96.0 Å². The number of imide groups is 1. The first-order valence-corrected chi connectivity index (χ1v) is 9.38. The van der Waals surface area contributed by atoms with Gasteiger partial charge in [-0.3, -0.25) is 10.1 Å². The third-order valence-corrected chi connectivity index (χ3v) is 5.29. The molecule has 0 fully saturated rings. The molecule has 0 aliphatic carbocycles. The number of hydrogen-bond donors (Lipinski definition) is 3. The molecule has 1 aromatic carbocycles. The monoisotopic (exact) mass is 419 g/mol. The molecule has 1 heterocycles. The Hall–Kier alpha value is -2.34. The number of aromatic nitrogens is 2. The number of aryl methyl sites for hydroxylation is 1. The summed E-state index contributed by atoms with van der Waals surface area (Å²) in [5.41, 5.74) is 2.49. The molecule has 2 aromatic rings. The van der Waals surface area contributed by atoms with Crippen molar-refractivity contribution in [3.8, 4) is 0 Å². The molecule has 0 unspecified atom stereocenters. The zero-order valence-electron chi connectivity index (χ0n) is 14.3. The summed E-state index contributed by atoms with van der Waals surface area (Å²) in [4.78, 5) is 23.7. The van der Waals surface area contributed by atoms with E-state index in [1.54, 1.807) is 12.1 Å². The highest BCUT2D eigenvalue weighted by atomic mass is 32.2. The minimum Gasteiger partial charge on any atom is -0.351 e. The lowest BCUT2D eigenvalue weighted by Crippen LogP contribution is -2.35.